The van der Waals surface area contributed by atoms with Crippen molar-refractivity contribution in [3.8, 4) is 0 Å². The topological polar surface area (TPSA) is 3.01 Å². The summed E-state index contributed by atoms with van der Waals surface area (Å²) in [6.45, 7) is -0.825. The number of allylic oxidation sites excluding steroid dienone is 1. The quantitative estimate of drug-likeness (QED) is 0.449. The van der Waals surface area contributed by atoms with Gasteiger partial charge < -0.3 is 0 Å². The third kappa shape index (κ3) is 1.88. The lowest BCUT2D eigenvalue weighted by Crippen LogP contribution is -2.28. The first kappa shape index (κ1) is 12.4. The summed E-state index contributed by atoms with van der Waals surface area (Å²) in [4.78, 5) is 0. The Kier molecular flexibility index (Phi) is 2.56. The smallest absolute Gasteiger partial charge is 0.204 e. The maximum Gasteiger partial charge on any atom is 0.451 e. The van der Waals surface area contributed by atoms with Gasteiger partial charge in [0.15, 0.2) is 17.8 Å². The lowest BCUT2D eigenvalue weighted by atomic mass is 9.93. The predicted molar refractivity (Wildman–Crippen MR) is 62.5 cm³/mol. The zero-order chi connectivity index (χ0) is 13.8. The van der Waals surface area contributed by atoms with Crippen LogP contribution < -0.4 is 0 Å². The zero-order valence-corrected chi connectivity index (χ0v) is 10.3. The van der Waals surface area contributed by atoms with Gasteiger partial charge in [-0.2, -0.15) is 0 Å². The number of hydrogen-bond acceptors (Lipinski definition) is 0. The fraction of sp³-hybridized carbons (Fsp3) is 0.357. The molecule has 19 heavy (non-hydrogen) atoms. The van der Waals surface area contributed by atoms with Crippen LogP contribution in [0.4, 0.5) is 17.6 Å². The zero-order valence-electron chi connectivity index (χ0n) is 10.3. The van der Waals surface area contributed by atoms with Crippen LogP contribution in [0.1, 0.15) is 30.9 Å². The first-order valence-corrected chi connectivity index (χ1v) is 6.04. The summed E-state index contributed by atoms with van der Waals surface area (Å²) in [5, 5.41) is 0. The third-order valence-electron chi connectivity index (χ3n) is 3.86. The van der Waals surface area contributed by atoms with Crippen molar-refractivity contribution in [2.75, 3.05) is 0 Å². The van der Waals surface area contributed by atoms with E-state index in [9.17, 15) is 17.6 Å². The molecule has 0 bridgehead atoms. The first-order valence-electron chi connectivity index (χ1n) is 6.04. The third-order valence-corrected chi connectivity index (χ3v) is 3.86. The van der Waals surface area contributed by atoms with Gasteiger partial charge in [0.25, 0.3) is 0 Å². The summed E-state index contributed by atoms with van der Waals surface area (Å²) in [5.41, 5.74) is 0.443. The van der Waals surface area contributed by atoms with Crippen molar-refractivity contribution in [1.29, 1.82) is 0 Å². The Hall–Kier alpha value is -1.65. The largest absolute Gasteiger partial charge is 0.451 e. The van der Waals surface area contributed by atoms with Crippen LogP contribution in [-0.2, 0) is 5.41 Å². The van der Waals surface area contributed by atoms with E-state index in [1.165, 1.54) is 18.3 Å². The van der Waals surface area contributed by atoms with Crippen molar-refractivity contribution in [3.05, 3.63) is 47.2 Å². The molecular weight excluding hydrogens is 258 g/mol. The Balaban J connectivity index is 2.09. The molecule has 3 rings (SSSR count). The summed E-state index contributed by atoms with van der Waals surface area (Å²) in [6.07, 6.45) is 4.27. The normalized spacial score (nSPS) is 19.9. The van der Waals surface area contributed by atoms with E-state index in [0.29, 0.717) is 5.56 Å². The van der Waals surface area contributed by atoms with Crippen LogP contribution in [0.2, 0.25) is 0 Å². The molecule has 0 unspecified atom stereocenters. The first-order chi connectivity index (χ1) is 8.92. The van der Waals surface area contributed by atoms with Crippen molar-refractivity contribution in [2.45, 2.75) is 31.7 Å². The van der Waals surface area contributed by atoms with Gasteiger partial charge >= 0.3 is 6.55 Å². The van der Waals surface area contributed by atoms with Crippen LogP contribution in [0, 0.1) is 11.6 Å². The second-order valence-corrected chi connectivity index (χ2v) is 5.27. The maximum absolute atomic E-state index is 13.8. The molecule has 2 aliphatic rings. The minimum Gasteiger partial charge on any atom is -0.204 e. The minimum atomic E-state index is -2.67. The lowest BCUT2D eigenvalue weighted by Gasteiger charge is -2.14. The number of rotatable bonds is 3. The fourth-order valence-corrected chi connectivity index (χ4v) is 2.28. The summed E-state index contributed by atoms with van der Waals surface area (Å²) in [5.74, 6) is -1.85. The molecule has 0 amide bonds. The monoisotopic (exact) mass is 270 g/mol. The van der Waals surface area contributed by atoms with Crippen LogP contribution >= 0.6 is 0 Å². The van der Waals surface area contributed by atoms with E-state index in [1.54, 1.807) is 0 Å². The average Bonchev–Trinajstić information content (AvgIpc) is 3.00. The molecule has 100 valence electrons. The van der Waals surface area contributed by atoms with Gasteiger partial charge in [-0.3, -0.25) is 0 Å². The van der Waals surface area contributed by atoms with Gasteiger partial charge in [0.2, 0.25) is 5.71 Å². The molecule has 0 N–H and O–H groups in total. The lowest BCUT2D eigenvalue weighted by molar-refractivity contribution is -0.574. The van der Waals surface area contributed by atoms with Crippen LogP contribution in [0.15, 0.2) is 24.4 Å². The molecule has 1 aromatic rings. The van der Waals surface area contributed by atoms with Crippen LogP contribution in [-0.4, -0.2) is 16.8 Å². The van der Waals surface area contributed by atoms with E-state index in [1.807, 2.05) is 6.92 Å². The molecule has 1 aliphatic heterocycles. The number of alkyl halides is 2. The molecule has 1 heterocycles. The Labute approximate surface area is 107 Å². The standard InChI is InChI=1S/C14H12F4N/c1-14(3-4-14)9-6-8(7-10(15)12(9)16)11-2-5-19(11)13(17)18/h2,5-7,13H,3-4H2,1H3/q+1. The molecule has 1 aromatic carbocycles. The van der Waals surface area contributed by atoms with Gasteiger partial charge in [0.1, 0.15) is 0 Å². The fourth-order valence-electron chi connectivity index (χ4n) is 2.28. The molecule has 0 aromatic heterocycles. The highest BCUT2D eigenvalue weighted by atomic mass is 19.3. The molecule has 1 fully saturated rings. The second-order valence-electron chi connectivity index (χ2n) is 5.27. The van der Waals surface area contributed by atoms with Crippen LogP contribution in [0.5, 0.6) is 0 Å². The highest BCUT2D eigenvalue weighted by molar-refractivity contribution is 6.07. The molecule has 0 radical (unpaired) electrons. The molecule has 0 saturated heterocycles. The van der Waals surface area contributed by atoms with Crippen molar-refractivity contribution in [1.82, 2.24) is 0 Å². The van der Waals surface area contributed by atoms with Crippen molar-refractivity contribution in [2.24, 2.45) is 0 Å². The number of benzene rings is 1. The number of nitrogens with zero attached hydrogens (tertiary/aromatic N) is 1. The minimum absolute atomic E-state index is 0.222. The summed E-state index contributed by atoms with van der Waals surface area (Å²) < 4.78 is 53.4. The molecule has 0 spiro atoms. The predicted octanol–water partition coefficient (Wildman–Crippen LogP) is 3.57. The summed E-state index contributed by atoms with van der Waals surface area (Å²) >= 11 is 0. The van der Waals surface area contributed by atoms with Gasteiger partial charge in [-0.05, 0) is 36.0 Å². The molecular formula is C14H12F4N+. The summed E-state index contributed by atoms with van der Waals surface area (Å²) in [6, 6.07) is 2.46. The van der Waals surface area contributed by atoms with Gasteiger partial charge in [0, 0.05) is 5.56 Å². The highest BCUT2D eigenvalue weighted by Crippen LogP contribution is 2.49. The molecule has 5 heteroatoms. The Bertz CT molecular complexity index is 612. The molecule has 1 nitrogen and oxygen atoms in total. The van der Waals surface area contributed by atoms with Gasteiger partial charge in [-0.1, -0.05) is 6.92 Å². The SMILES string of the molecule is CC1(c2cc(C3=[N+](C(F)F)C=C3)cc(F)c2F)CC1. The van der Waals surface area contributed by atoms with Crippen molar-refractivity contribution >= 4 is 5.71 Å². The van der Waals surface area contributed by atoms with E-state index < -0.39 is 18.2 Å². The van der Waals surface area contributed by atoms with Crippen molar-refractivity contribution < 1.29 is 22.1 Å². The molecule has 1 aliphatic carbocycles. The van der Waals surface area contributed by atoms with Crippen LogP contribution in [0.3, 0.4) is 0 Å². The Morgan fingerprint density at radius 2 is 1.89 bits per heavy atom. The Morgan fingerprint density at radius 1 is 1.21 bits per heavy atom. The van der Waals surface area contributed by atoms with E-state index in [4.69, 9.17) is 0 Å². The van der Waals surface area contributed by atoms with Crippen LogP contribution in [0.25, 0.3) is 0 Å². The number of hydrogen-bond donors (Lipinski definition) is 0. The Morgan fingerprint density at radius 3 is 2.37 bits per heavy atom. The maximum atomic E-state index is 13.8. The van der Waals surface area contributed by atoms with E-state index in [0.717, 1.165) is 23.5 Å². The van der Waals surface area contributed by atoms with E-state index in [-0.39, 0.29) is 16.7 Å². The van der Waals surface area contributed by atoms with Gasteiger partial charge in [-0.15, -0.1) is 13.4 Å². The summed E-state index contributed by atoms with van der Waals surface area (Å²) in [7, 11) is 0. The van der Waals surface area contributed by atoms with E-state index >= 15 is 0 Å². The van der Waals surface area contributed by atoms with Gasteiger partial charge in [-0.25, -0.2) is 8.78 Å². The average molecular weight is 270 g/mol. The number of halogens is 4. The van der Waals surface area contributed by atoms with Gasteiger partial charge in [0.05, 0.1) is 6.08 Å². The highest BCUT2D eigenvalue weighted by Gasteiger charge is 2.42. The second kappa shape index (κ2) is 3.92. The molecule has 1 saturated carbocycles. The molecule has 0 atom stereocenters. The van der Waals surface area contributed by atoms with Crippen molar-refractivity contribution in [3.63, 3.8) is 0 Å². The van der Waals surface area contributed by atoms with E-state index in [2.05, 4.69) is 0 Å².